The Hall–Kier alpha value is -1.49. The van der Waals surface area contributed by atoms with Crippen LogP contribution in [0.25, 0.3) is 0 Å². The van der Waals surface area contributed by atoms with Gasteiger partial charge in [0.05, 0.1) is 18.5 Å². The van der Waals surface area contributed by atoms with E-state index in [0.29, 0.717) is 6.61 Å². The first-order valence-electron chi connectivity index (χ1n) is 7.67. The third-order valence-corrected chi connectivity index (χ3v) is 5.56. The van der Waals surface area contributed by atoms with Crippen molar-refractivity contribution in [2.24, 2.45) is 0 Å². The number of benzene rings is 2. The second-order valence-corrected chi connectivity index (χ2v) is 7.20. The second-order valence-electron chi connectivity index (χ2n) is 5.86. The fourth-order valence-electron chi connectivity index (χ4n) is 2.78. The van der Waals surface area contributed by atoms with Crippen molar-refractivity contribution in [3.8, 4) is 5.75 Å². The molecule has 0 aliphatic carbocycles. The highest BCUT2D eigenvalue weighted by Gasteiger charge is 2.42. The molecule has 2 aromatic carbocycles. The van der Waals surface area contributed by atoms with Gasteiger partial charge in [-0.25, -0.2) is 0 Å². The lowest BCUT2D eigenvalue weighted by atomic mass is 9.95. The van der Waals surface area contributed by atoms with Gasteiger partial charge in [-0.05, 0) is 30.9 Å². The molecule has 0 radical (unpaired) electrons. The van der Waals surface area contributed by atoms with Gasteiger partial charge in [-0.15, -0.1) is 0 Å². The van der Waals surface area contributed by atoms with Crippen LogP contribution in [0.3, 0.4) is 0 Å². The normalized spacial score (nSPS) is 27.6. The summed E-state index contributed by atoms with van der Waals surface area (Å²) in [5, 5.41) is 0. The quantitative estimate of drug-likeness (QED) is 0.818. The van der Waals surface area contributed by atoms with E-state index in [1.54, 1.807) is 18.9 Å². The van der Waals surface area contributed by atoms with E-state index in [4.69, 9.17) is 14.2 Å². The standard InChI is InChI=1S/C19H22O3S/c1-19(23-3)13-21-18(15-9-11-16(20-2)12-10-15)22-17(19)14-7-5-4-6-8-14/h4-12,17-18H,13H2,1-3H3/t17-,18+,19-/m1/s1. The highest BCUT2D eigenvalue weighted by molar-refractivity contribution is 8.00. The molecular weight excluding hydrogens is 308 g/mol. The molecule has 3 atom stereocenters. The van der Waals surface area contributed by atoms with Crippen LogP contribution in [0.4, 0.5) is 0 Å². The minimum absolute atomic E-state index is 0.0143. The van der Waals surface area contributed by atoms with Gasteiger partial charge in [0, 0.05) is 5.56 Å². The number of hydrogen-bond acceptors (Lipinski definition) is 4. The molecule has 2 aromatic rings. The van der Waals surface area contributed by atoms with Crippen molar-refractivity contribution in [2.75, 3.05) is 20.0 Å². The Kier molecular flexibility index (Phi) is 4.95. The Morgan fingerprint density at radius 1 is 1.04 bits per heavy atom. The Bertz CT molecular complexity index is 629. The molecule has 1 fully saturated rings. The van der Waals surface area contributed by atoms with E-state index in [1.165, 1.54) is 5.56 Å². The van der Waals surface area contributed by atoms with Crippen LogP contribution in [0.5, 0.6) is 5.75 Å². The minimum atomic E-state index is -0.355. The summed E-state index contributed by atoms with van der Waals surface area (Å²) < 4.78 is 17.5. The summed E-state index contributed by atoms with van der Waals surface area (Å²) in [5.74, 6) is 0.832. The highest BCUT2D eigenvalue weighted by atomic mass is 32.2. The molecular formula is C19H22O3S. The van der Waals surface area contributed by atoms with Gasteiger partial charge in [0.25, 0.3) is 0 Å². The number of thioether (sulfide) groups is 1. The zero-order valence-corrected chi connectivity index (χ0v) is 14.5. The minimum Gasteiger partial charge on any atom is -0.497 e. The van der Waals surface area contributed by atoms with E-state index in [9.17, 15) is 0 Å². The van der Waals surface area contributed by atoms with Crippen molar-refractivity contribution < 1.29 is 14.2 Å². The molecule has 3 rings (SSSR count). The summed E-state index contributed by atoms with van der Waals surface area (Å²) >= 11 is 1.78. The van der Waals surface area contributed by atoms with Gasteiger partial charge >= 0.3 is 0 Å². The molecule has 122 valence electrons. The summed E-state index contributed by atoms with van der Waals surface area (Å²) in [4.78, 5) is 0. The summed E-state index contributed by atoms with van der Waals surface area (Å²) in [6.07, 6.45) is 1.74. The van der Waals surface area contributed by atoms with Gasteiger partial charge < -0.3 is 14.2 Å². The van der Waals surface area contributed by atoms with Crippen LogP contribution in [-0.4, -0.2) is 24.7 Å². The third kappa shape index (κ3) is 3.39. The maximum Gasteiger partial charge on any atom is 0.184 e. The molecule has 0 unspecified atom stereocenters. The average molecular weight is 330 g/mol. The van der Waals surface area contributed by atoms with Crippen LogP contribution in [0, 0.1) is 0 Å². The van der Waals surface area contributed by atoms with Crippen LogP contribution in [0.2, 0.25) is 0 Å². The molecule has 0 bridgehead atoms. The SMILES string of the molecule is COc1ccc([C@H]2OC[C@@](C)(SC)[C@@H](c3ccccc3)O2)cc1. The maximum absolute atomic E-state index is 6.35. The van der Waals surface area contributed by atoms with Gasteiger partial charge in [0.1, 0.15) is 11.9 Å². The fraction of sp³-hybridized carbons (Fsp3) is 0.368. The fourth-order valence-corrected chi connectivity index (χ4v) is 3.38. The lowest BCUT2D eigenvalue weighted by Crippen LogP contribution is -2.42. The van der Waals surface area contributed by atoms with Crippen molar-refractivity contribution in [1.82, 2.24) is 0 Å². The van der Waals surface area contributed by atoms with Crippen molar-refractivity contribution in [3.63, 3.8) is 0 Å². The predicted molar refractivity (Wildman–Crippen MR) is 93.9 cm³/mol. The van der Waals surface area contributed by atoms with Crippen LogP contribution in [0.1, 0.15) is 30.4 Å². The van der Waals surface area contributed by atoms with E-state index >= 15 is 0 Å². The Labute approximate surface area is 142 Å². The molecule has 4 heteroatoms. The van der Waals surface area contributed by atoms with E-state index in [-0.39, 0.29) is 17.1 Å². The Balaban J connectivity index is 1.86. The first-order valence-corrected chi connectivity index (χ1v) is 8.90. The van der Waals surface area contributed by atoms with Crippen LogP contribution in [-0.2, 0) is 9.47 Å². The number of hydrogen-bond donors (Lipinski definition) is 0. The lowest BCUT2D eigenvalue weighted by Gasteiger charge is -2.43. The van der Waals surface area contributed by atoms with Gasteiger partial charge in [-0.2, -0.15) is 11.8 Å². The molecule has 0 N–H and O–H groups in total. The van der Waals surface area contributed by atoms with Gasteiger partial charge in [0.2, 0.25) is 0 Å². The maximum atomic E-state index is 6.35. The van der Waals surface area contributed by atoms with Gasteiger partial charge in [-0.1, -0.05) is 42.5 Å². The van der Waals surface area contributed by atoms with E-state index in [0.717, 1.165) is 11.3 Å². The first-order chi connectivity index (χ1) is 11.2. The molecule has 23 heavy (non-hydrogen) atoms. The monoisotopic (exact) mass is 330 g/mol. The smallest absolute Gasteiger partial charge is 0.184 e. The number of rotatable bonds is 4. The topological polar surface area (TPSA) is 27.7 Å². The molecule has 3 nitrogen and oxygen atoms in total. The van der Waals surface area contributed by atoms with Gasteiger partial charge in [0.15, 0.2) is 6.29 Å². The average Bonchev–Trinajstić information content (AvgIpc) is 2.63. The van der Waals surface area contributed by atoms with E-state index in [2.05, 4.69) is 37.4 Å². The Morgan fingerprint density at radius 2 is 1.74 bits per heavy atom. The molecule has 0 saturated carbocycles. The van der Waals surface area contributed by atoms with Crippen molar-refractivity contribution in [3.05, 3.63) is 65.7 Å². The van der Waals surface area contributed by atoms with Crippen molar-refractivity contribution in [1.29, 1.82) is 0 Å². The Morgan fingerprint density at radius 3 is 2.35 bits per heavy atom. The third-order valence-electron chi connectivity index (χ3n) is 4.29. The van der Waals surface area contributed by atoms with Crippen LogP contribution in [0.15, 0.2) is 54.6 Å². The predicted octanol–water partition coefficient (Wildman–Crippen LogP) is 4.60. The van der Waals surface area contributed by atoms with Crippen LogP contribution >= 0.6 is 11.8 Å². The summed E-state index contributed by atoms with van der Waals surface area (Å²) in [7, 11) is 1.66. The summed E-state index contributed by atoms with van der Waals surface area (Å²) in [6, 6.07) is 18.2. The highest BCUT2D eigenvalue weighted by Crippen LogP contribution is 2.46. The van der Waals surface area contributed by atoms with Crippen molar-refractivity contribution >= 4 is 11.8 Å². The van der Waals surface area contributed by atoms with Crippen molar-refractivity contribution in [2.45, 2.75) is 24.1 Å². The molecule has 1 aliphatic heterocycles. The van der Waals surface area contributed by atoms with Gasteiger partial charge in [-0.3, -0.25) is 0 Å². The number of ether oxygens (including phenoxy) is 3. The lowest BCUT2D eigenvalue weighted by molar-refractivity contribution is -0.232. The number of methoxy groups -OCH3 is 1. The zero-order chi connectivity index (χ0) is 16.3. The molecule has 1 heterocycles. The van der Waals surface area contributed by atoms with Crippen LogP contribution < -0.4 is 4.74 Å². The van der Waals surface area contributed by atoms with E-state index < -0.39 is 0 Å². The molecule has 1 aliphatic rings. The second kappa shape index (κ2) is 6.95. The summed E-state index contributed by atoms with van der Waals surface area (Å²) in [6.45, 7) is 2.84. The van der Waals surface area contributed by atoms with E-state index in [1.807, 2.05) is 30.3 Å². The molecule has 0 amide bonds. The molecule has 1 saturated heterocycles. The molecule has 0 spiro atoms. The summed E-state index contributed by atoms with van der Waals surface area (Å²) in [5.41, 5.74) is 2.20. The largest absolute Gasteiger partial charge is 0.497 e. The first kappa shape index (κ1) is 16.4. The molecule has 0 aromatic heterocycles. The zero-order valence-electron chi connectivity index (χ0n) is 13.7.